The number of nitrogens with two attached hydrogens (primary N) is 1. The second-order valence-corrected chi connectivity index (χ2v) is 4.32. The van der Waals surface area contributed by atoms with E-state index >= 15 is 0 Å². The van der Waals surface area contributed by atoms with Gasteiger partial charge in [-0.2, -0.15) is 0 Å². The van der Waals surface area contributed by atoms with Crippen molar-refractivity contribution in [1.29, 1.82) is 0 Å². The second-order valence-electron chi connectivity index (χ2n) is 4.32. The van der Waals surface area contributed by atoms with Gasteiger partial charge < -0.3 is 9.74 Å². The Hall–Kier alpha value is -0.610. The monoisotopic (exact) mass is 214 g/mol. The molecule has 0 aromatic rings. The average molecular weight is 214 g/mol. The molecule has 1 aliphatic rings. The smallest absolute Gasteiger partial charge is 0.222 e. The predicted molar refractivity (Wildman–Crippen MR) is 59.0 cm³/mol. The van der Waals surface area contributed by atoms with Gasteiger partial charge in [0.15, 0.2) is 0 Å². The highest BCUT2D eigenvalue weighted by molar-refractivity contribution is 5.76. The summed E-state index contributed by atoms with van der Waals surface area (Å²) < 4.78 is 0. The van der Waals surface area contributed by atoms with Crippen LogP contribution >= 0.6 is 0 Å². The Labute approximate surface area is 91.7 Å². The molecule has 1 amide bonds. The molecule has 4 nitrogen and oxygen atoms in total. The molecule has 15 heavy (non-hydrogen) atoms. The van der Waals surface area contributed by atoms with Crippen LogP contribution in [0.15, 0.2) is 0 Å². The lowest BCUT2D eigenvalue weighted by atomic mass is 9.92. The molecule has 88 valence electrons. The standard InChI is InChI=1S/C11H22N2O2/c1-3-4-11(14)13(2)9-5-7-10(15-12)8-6-9/h9-10H,3-8,12H2,1-2H3. The minimum atomic E-state index is 0.191. The summed E-state index contributed by atoms with van der Waals surface area (Å²) in [5.74, 6) is 5.41. The van der Waals surface area contributed by atoms with Crippen molar-refractivity contribution in [1.82, 2.24) is 4.90 Å². The number of carbonyl (C=O) groups is 1. The van der Waals surface area contributed by atoms with Gasteiger partial charge in [-0.05, 0) is 32.1 Å². The van der Waals surface area contributed by atoms with Crippen molar-refractivity contribution in [3.05, 3.63) is 0 Å². The molecule has 0 saturated heterocycles. The summed E-state index contributed by atoms with van der Waals surface area (Å²) in [7, 11) is 1.91. The van der Waals surface area contributed by atoms with Gasteiger partial charge in [0.2, 0.25) is 5.91 Å². The van der Waals surface area contributed by atoms with E-state index in [1.54, 1.807) is 0 Å². The fraction of sp³-hybridized carbons (Fsp3) is 0.909. The van der Waals surface area contributed by atoms with Crippen LogP contribution in [0.3, 0.4) is 0 Å². The summed E-state index contributed by atoms with van der Waals surface area (Å²) in [6, 6.07) is 0.385. The maximum Gasteiger partial charge on any atom is 0.222 e. The second kappa shape index (κ2) is 6.08. The third-order valence-corrected chi connectivity index (χ3v) is 3.24. The topological polar surface area (TPSA) is 55.6 Å². The number of amides is 1. The zero-order valence-electron chi connectivity index (χ0n) is 9.74. The van der Waals surface area contributed by atoms with Crippen LogP contribution in [0.4, 0.5) is 0 Å². The first-order valence-electron chi connectivity index (χ1n) is 5.80. The molecule has 0 bridgehead atoms. The first-order chi connectivity index (χ1) is 7.19. The molecule has 2 N–H and O–H groups in total. The molecule has 0 spiro atoms. The Morgan fingerprint density at radius 3 is 2.47 bits per heavy atom. The molecule has 0 unspecified atom stereocenters. The zero-order chi connectivity index (χ0) is 11.3. The van der Waals surface area contributed by atoms with Crippen molar-refractivity contribution in [3.63, 3.8) is 0 Å². The van der Waals surface area contributed by atoms with Crippen molar-refractivity contribution in [2.24, 2.45) is 5.90 Å². The number of carbonyl (C=O) groups excluding carboxylic acids is 1. The van der Waals surface area contributed by atoms with E-state index < -0.39 is 0 Å². The molecule has 0 aliphatic heterocycles. The fourth-order valence-corrected chi connectivity index (χ4v) is 2.16. The van der Waals surface area contributed by atoms with Gasteiger partial charge in [0.05, 0.1) is 6.10 Å². The Morgan fingerprint density at radius 1 is 1.40 bits per heavy atom. The Bertz CT molecular complexity index is 201. The van der Waals surface area contributed by atoms with E-state index in [9.17, 15) is 4.79 Å². The van der Waals surface area contributed by atoms with Gasteiger partial charge in [0.1, 0.15) is 0 Å². The van der Waals surface area contributed by atoms with Crippen LogP contribution in [-0.4, -0.2) is 30.0 Å². The highest BCUT2D eigenvalue weighted by Gasteiger charge is 2.26. The van der Waals surface area contributed by atoms with Gasteiger partial charge >= 0.3 is 0 Å². The van der Waals surface area contributed by atoms with Crippen LogP contribution in [0, 0.1) is 0 Å². The van der Waals surface area contributed by atoms with E-state index in [2.05, 4.69) is 0 Å². The molecule has 0 aromatic heterocycles. The van der Waals surface area contributed by atoms with Crippen LogP contribution in [0.25, 0.3) is 0 Å². The van der Waals surface area contributed by atoms with Crippen LogP contribution in [0.1, 0.15) is 45.4 Å². The molecule has 4 heteroatoms. The van der Waals surface area contributed by atoms with Gasteiger partial charge in [-0.3, -0.25) is 4.79 Å². The van der Waals surface area contributed by atoms with Gasteiger partial charge in [-0.25, -0.2) is 5.90 Å². The van der Waals surface area contributed by atoms with Gasteiger partial charge in [0.25, 0.3) is 0 Å². The maximum absolute atomic E-state index is 11.7. The SMILES string of the molecule is CCCC(=O)N(C)C1CCC(ON)CC1. The van der Waals surface area contributed by atoms with E-state index in [1.165, 1.54) is 0 Å². The number of rotatable bonds is 4. The number of hydrogen-bond acceptors (Lipinski definition) is 3. The van der Waals surface area contributed by atoms with Gasteiger partial charge in [-0.1, -0.05) is 6.92 Å². The number of nitrogens with zero attached hydrogens (tertiary/aromatic N) is 1. The quantitative estimate of drug-likeness (QED) is 0.721. The average Bonchev–Trinajstić information content (AvgIpc) is 2.28. The molecule has 0 atom stereocenters. The van der Waals surface area contributed by atoms with E-state index in [0.717, 1.165) is 32.1 Å². The molecule has 1 saturated carbocycles. The van der Waals surface area contributed by atoms with Gasteiger partial charge in [-0.15, -0.1) is 0 Å². The molecular weight excluding hydrogens is 192 g/mol. The molecule has 0 radical (unpaired) electrons. The molecule has 1 aliphatic carbocycles. The highest BCUT2D eigenvalue weighted by atomic mass is 16.6. The maximum atomic E-state index is 11.7. The summed E-state index contributed by atoms with van der Waals surface area (Å²) in [5, 5.41) is 0. The Morgan fingerprint density at radius 2 is 2.00 bits per heavy atom. The minimum Gasteiger partial charge on any atom is -0.343 e. The highest BCUT2D eigenvalue weighted by Crippen LogP contribution is 2.24. The Balaban J connectivity index is 2.35. The third kappa shape index (κ3) is 3.47. The first kappa shape index (κ1) is 12.5. The fourth-order valence-electron chi connectivity index (χ4n) is 2.16. The first-order valence-corrected chi connectivity index (χ1v) is 5.80. The van der Waals surface area contributed by atoms with Crippen LogP contribution in [0.5, 0.6) is 0 Å². The summed E-state index contributed by atoms with van der Waals surface area (Å²) in [6.07, 6.45) is 5.71. The van der Waals surface area contributed by atoms with Crippen LogP contribution in [0.2, 0.25) is 0 Å². The predicted octanol–water partition coefficient (Wildman–Crippen LogP) is 1.45. The molecule has 0 heterocycles. The normalized spacial score (nSPS) is 26.3. The van der Waals surface area contributed by atoms with Crippen LogP contribution in [-0.2, 0) is 9.63 Å². The third-order valence-electron chi connectivity index (χ3n) is 3.24. The Kier molecular flexibility index (Phi) is 5.05. The van der Waals surface area contributed by atoms with E-state index in [-0.39, 0.29) is 12.0 Å². The summed E-state index contributed by atoms with van der Waals surface area (Å²) in [4.78, 5) is 18.4. The molecule has 1 fully saturated rings. The summed E-state index contributed by atoms with van der Waals surface area (Å²) >= 11 is 0. The van der Waals surface area contributed by atoms with Gasteiger partial charge in [0, 0.05) is 19.5 Å². The lowest BCUT2D eigenvalue weighted by Crippen LogP contribution is -2.40. The van der Waals surface area contributed by atoms with Crippen molar-refractivity contribution in [2.45, 2.75) is 57.6 Å². The molecule has 1 rings (SSSR count). The van der Waals surface area contributed by atoms with E-state index in [4.69, 9.17) is 10.7 Å². The lowest BCUT2D eigenvalue weighted by Gasteiger charge is -2.33. The molecule has 0 aromatic carbocycles. The largest absolute Gasteiger partial charge is 0.343 e. The minimum absolute atomic E-state index is 0.191. The van der Waals surface area contributed by atoms with E-state index in [1.807, 2.05) is 18.9 Å². The summed E-state index contributed by atoms with van der Waals surface area (Å²) in [6.45, 7) is 2.03. The summed E-state index contributed by atoms with van der Waals surface area (Å²) in [5.41, 5.74) is 0. The van der Waals surface area contributed by atoms with Crippen LogP contribution < -0.4 is 5.90 Å². The van der Waals surface area contributed by atoms with Crippen molar-refractivity contribution >= 4 is 5.91 Å². The molecular formula is C11H22N2O2. The van der Waals surface area contributed by atoms with Crippen molar-refractivity contribution in [2.75, 3.05) is 7.05 Å². The number of hydrogen-bond donors (Lipinski definition) is 1. The van der Waals surface area contributed by atoms with Crippen molar-refractivity contribution < 1.29 is 9.63 Å². The van der Waals surface area contributed by atoms with E-state index in [0.29, 0.717) is 12.5 Å². The zero-order valence-corrected chi connectivity index (χ0v) is 9.74. The lowest BCUT2D eigenvalue weighted by molar-refractivity contribution is -0.133. The van der Waals surface area contributed by atoms with Crippen molar-refractivity contribution in [3.8, 4) is 0 Å².